The Morgan fingerprint density at radius 3 is 2.20 bits per heavy atom. The zero-order valence-corrected chi connectivity index (χ0v) is 9.74. The lowest BCUT2D eigenvalue weighted by atomic mass is 10.1. The van der Waals surface area contributed by atoms with Gasteiger partial charge >= 0.3 is 0 Å². The maximum absolute atomic E-state index is 11.4. The number of benzene rings is 1. The SMILES string of the molecule is CC[C@H]([C@@H](O)c1ccccc1)S(C)(=O)=O. The van der Waals surface area contributed by atoms with Crippen molar-refractivity contribution >= 4 is 9.84 Å². The molecule has 15 heavy (non-hydrogen) atoms. The highest BCUT2D eigenvalue weighted by Gasteiger charge is 2.27. The van der Waals surface area contributed by atoms with E-state index < -0.39 is 21.2 Å². The van der Waals surface area contributed by atoms with Crippen LogP contribution in [0.2, 0.25) is 0 Å². The topological polar surface area (TPSA) is 54.4 Å². The van der Waals surface area contributed by atoms with Crippen molar-refractivity contribution in [1.29, 1.82) is 0 Å². The van der Waals surface area contributed by atoms with E-state index in [0.717, 1.165) is 6.26 Å². The third kappa shape index (κ3) is 3.04. The minimum absolute atomic E-state index is 0.412. The number of aliphatic hydroxyl groups is 1. The van der Waals surface area contributed by atoms with Gasteiger partial charge in [0.1, 0.15) is 0 Å². The highest BCUT2D eigenvalue weighted by molar-refractivity contribution is 7.91. The summed E-state index contributed by atoms with van der Waals surface area (Å²) >= 11 is 0. The van der Waals surface area contributed by atoms with Gasteiger partial charge in [0, 0.05) is 6.26 Å². The lowest BCUT2D eigenvalue weighted by Gasteiger charge is -2.20. The lowest BCUT2D eigenvalue weighted by molar-refractivity contribution is 0.169. The van der Waals surface area contributed by atoms with Crippen molar-refractivity contribution in [1.82, 2.24) is 0 Å². The molecule has 1 aromatic carbocycles. The second-order valence-corrected chi connectivity index (χ2v) is 5.90. The van der Waals surface area contributed by atoms with Crippen LogP contribution in [-0.2, 0) is 9.84 Å². The number of aliphatic hydroxyl groups excluding tert-OH is 1. The summed E-state index contributed by atoms with van der Waals surface area (Å²) in [4.78, 5) is 0. The van der Waals surface area contributed by atoms with Crippen LogP contribution in [0.3, 0.4) is 0 Å². The molecular weight excluding hydrogens is 212 g/mol. The molecule has 0 saturated carbocycles. The quantitative estimate of drug-likeness (QED) is 0.850. The predicted octanol–water partition coefficient (Wildman–Crippen LogP) is 1.54. The fraction of sp³-hybridized carbons (Fsp3) is 0.455. The highest BCUT2D eigenvalue weighted by atomic mass is 32.2. The summed E-state index contributed by atoms with van der Waals surface area (Å²) in [6, 6.07) is 8.87. The molecule has 1 N–H and O–H groups in total. The van der Waals surface area contributed by atoms with Gasteiger partial charge in [-0.25, -0.2) is 8.42 Å². The fourth-order valence-electron chi connectivity index (χ4n) is 1.63. The number of rotatable bonds is 4. The van der Waals surface area contributed by atoms with Crippen LogP contribution in [0, 0.1) is 0 Å². The Kier molecular flexibility index (Phi) is 3.88. The van der Waals surface area contributed by atoms with Crippen molar-refractivity contribution in [2.45, 2.75) is 24.7 Å². The predicted molar refractivity (Wildman–Crippen MR) is 60.3 cm³/mol. The summed E-state index contributed by atoms with van der Waals surface area (Å²) in [5, 5.41) is 9.21. The largest absolute Gasteiger partial charge is 0.387 e. The first kappa shape index (κ1) is 12.2. The third-order valence-electron chi connectivity index (χ3n) is 2.45. The summed E-state index contributed by atoms with van der Waals surface area (Å²) in [7, 11) is -3.21. The molecule has 0 unspecified atom stereocenters. The van der Waals surface area contributed by atoms with Gasteiger partial charge in [-0.2, -0.15) is 0 Å². The van der Waals surface area contributed by atoms with E-state index in [0.29, 0.717) is 12.0 Å². The van der Waals surface area contributed by atoms with Crippen LogP contribution in [-0.4, -0.2) is 25.0 Å². The van der Waals surface area contributed by atoms with Crippen molar-refractivity contribution in [3.63, 3.8) is 0 Å². The molecule has 0 aliphatic carbocycles. The summed E-state index contributed by atoms with van der Waals surface area (Å²) in [5.41, 5.74) is 0.648. The zero-order valence-electron chi connectivity index (χ0n) is 8.92. The first-order valence-electron chi connectivity index (χ1n) is 4.88. The van der Waals surface area contributed by atoms with Gasteiger partial charge in [0.25, 0.3) is 0 Å². The van der Waals surface area contributed by atoms with E-state index in [1.807, 2.05) is 6.07 Å². The van der Waals surface area contributed by atoms with Crippen LogP contribution >= 0.6 is 0 Å². The molecule has 0 aliphatic rings. The molecule has 4 heteroatoms. The molecule has 1 rings (SSSR count). The first-order valence-corrected chi connectivity index (χ1v) is 6.84. The molecule has 0 fully saturated rings. The van der Waals surface area contributed by atoms with Crippen molar-refractivity contribution in [3.05, 3.63) is 35.9 Å². The zero-order chi connectivity index (χ0) is 11.5. The lowest BCUT2D eigenvalue weighted by Crippen LogP contribution is -2.26. The minimum atomic E-state index is -3.21. The standard InChI is InChI=1S/C11H16O3S/c1-3-10(15(2,13)14)11(12)9-7-5-4-6-8-9/h4-8,10-12H,3H2,1-2H3/t10-,11+/m1/s1. The molecule has 0 saturated heterocycles. The van der Waals surface area contributed by atoms with E-state index in [4.69, 9.17) is 0 Å². The summed E-state index contributed by atoms with van der Waals surface area (Å²) in [6.07, 6.45) is 0.633. The maximum atomic E-state index is 11.4. The molecule has 0 aliphatic heterocycles. The monoisotopic (exact) mass is 228 g/mol. The van der Waals surface area contributed by atoms with Gasteiger partial charge < -0.3 is 5.11 Å². The first-order chi connectivity index (χ1) is 6.96. The normalized spacial score (nSPS) is 15.9. The minimum Gasteiger partial charge on any atom is -0.387 e. The Hall–Kier alpha value is -0.870. The number of hydrogen-bond acceptors (Lipinski definition) is 3. The van der Waals surface area contributed by atoms with Crippen molar-refractivity contribution in [2.75, 3.05) is 6.26 Å². The van der Waals surface area contributed by atoms with Crippen LogP contribution in [0.25, 0.3) is 0 Å². The molecule has 3 nitrogen and oxygen atoms in total. The van der Waals surface area contributed by atoms with Gasteiger partial charge in [0.15, 0.2) is 9.84 Å². The van der Waals surface area contributed by atoms with Crippen LogP contribution in [0.4, 0.5) is 0 Å². The number of hydrogen-bond donors (Lipinski definition) is 1. The summed E-state index contributed by atoms with van der Waals surface area (Å²) in [6.45, 7) is 1.76. The molecule has 0 amide bonds. The Morgan fingerprint density at radius 2 is 1.80 bits per heavy atom. The van der Waals surface area contributed by atoms with E-state index >= 15 is 0 Å². The average molecular weight is 228 g/mol. The van der Waals surface area contributed by atoms with Gasteiger partial charge in [-0.3, -0.25) is 0 Å². The summed E-state index contributed by atoms with van der Waals surface area (Å²) in [5.74, 6) is 0. The fourth-order valence-corrected chi connectivity index (χ4v) is 2.86. The average Bonchev–Trinajstić information content (AvgIpc) is 2.18. The maximum Gasteiger partial charge on any atom is 0.153 e. The third-order valence-corrected chi connectivity index (χ3v) is 4.14. The molecule has 2 atom stereocenters. The van der Waals surface area contributed by atoms with E-state index in [1.54, 1.807) is 31.2 Å². The Morgan fingerprint density at radius 1 is 1.27 bits per heavy atom. The van der Waals surface area contributed by atoms with Crippen molar-refractivity contribution in [2.24, 2.45) is 0 Å². The van der Waals surface area contributed by atoms with E-state index in [-0.39, 0.29) is 0 Å². The van der Waals surface area contributed by atoms with Gasteiger partial charge in [-0.15, -0.1) is 0 Å². The molecule has 1 aromatic rings. The molecule has 0 aromatic heterocycles. The Bertz CT molecular complexity index is 397. The molecule has 0 radical (unpaired) electrons. The van der Waals surface area contributed by atoms with E-state index in [1.165, 1.54) is 0 Å². The van der Waals surface area contributed by atoms with Crippen molar-refractivity contribution in [3.8, 4) is 0 Å². The van der Waals surface area contributed by atoms with E-state index in [2.05, 4.69) is 0 Å². The van der Waals surface area contributed by atoms with Gasteiger partial charge in [-0.05, 0) is 12.0 Å². The van der Waals surface area contributed by atoms with Gasteiger partial charge in [0.05, 0.1) is 11.4 Å². The van der Waals surface area contributed by atoms with Crippen LogP contribution in [0.1, 0.15) is 25.0 Å². The van der Waals surface area contributed by atoms with Crippen molar-refractivity contribution < 1.29 is 13.5 Å². The molecule has 0 spiro atoms. The van der Waals surface area contributed by atoms with Crippen LogP contribution < -0.4 is 0 Å². The molecule has 0 bridgehead atoms. The van der Waals surface area contributed by atoms with Gasteiger partial charge in [0.2, 0.25) is 0 Å². The molecule has 0 heterocycles. The number of sulfone groups is 1. The highest BCUT2D eigenvalue weighted by Crippen LogP contribution is 2.23. The Labute approximate surface area is 90.7 Å². The van der Waals surface area contributed by atoms with Crippen LogP contribution in [0.5, 0.6) is 0 Å². The van der Waals surface area contributed by atoms with E-state index in [9.17, 15) is 13.5 Å². The van der Waals surface area contributed by atoms with Gasteiger partial charge in [-0.1, -0.05) is 37.3 Å². The molecule has 84 valence electrons. The molecular formula is C11H16O3S. The van der Waals surface area contributed by atoms with Crippen LogP contribution in [0.15, 0.2) is 30.3 Å². The second kappa shape index (κ2) is 4.77. The smallest absolute Gasteiger partial charge is 0.153 e. The summed E-state index contributed by atoms with van der Waals surface area (Å²) < 4.78 is 22.8. The Balaban J connectivity index is 2.98. The second-order valence-electron chi connectivity index (χ2n) is 3.63.